The summed E-state index contributed by atoms with van der Waals surface area (Å²) in [5, 5.41) is 2.21. The molecule has 9 nitrogen and oxygen atoms in total. The molecule has 0 spiro atoms. The van der Waals surface area contributed by atoms with Crippen molar-refractivity contribution in [2.45, 2.75) is 5.16 Å². The number of hydrogen-bond acceptors (Lipinski definition) is 7. The van der Waals surface area contributed by atoms with Gasteiger partial charge in [-0.2, -0.15) is 0 Å². The lowest BCUT2D eigenvalue weighted by Gasteiger charge is -2.09. The van der Waals surface area contributed by atoms with E-state index in [2.05, 4.69) is 10.3 Å². The first-order chi connectivity index (χ1) is 17.3. The Bertz CT molecular complexity index is 1530. The molecule has 1 N–H and O–H groups in total. The number of fused-ring (bicyclic) bond motifs is 1. The average Bonchev–Trinajstić information content (AvgIpc) is 3.52. The van der Waals surface area contributed by atoms with E-state index < -0.39 is 27.3 Å². The summed E-state index contributed by atoms with van der Waals surface area (Å²) in [5.74, 6) is -0.390. The van der Waals surface area contributed by atoms with E-state index in [1.165, 1.54) is 42.1 Å². The van der Waals surface area contributed by atoms with E-state index in [-0.39, 0.29) is 11.9 Å². The first-order valence-corrected chi connectivity index (χ1v) is 12.4. The number of benzene rings is 3. The van der Waals surface area contributed by atoms with Crippen molar-refractivity contribution in [2.75, 3.05) is 25.0 Å². The Balaban J connectivity index is 1.48. The highest BCUT2D eigenvalue weighted by atomic mass is 32.2. The Labute approximate surface area is 206 Å². The second kappa shape index (κ2) is 9.34. The molecule has 0 unspecified atom stereocenters. The molecule has 1 aromatic heterocycles. The maximum atomic E-state index is 13.5. The van der Waals surface area contributed by atoms with Crippen LogP contribution in [-0.4, -0.2) is 43.5 Å². The predicted octanol–water partition coefficient (Wildman–Crippen LogP) is 3.83. The molecule has 36 heavy (non-hydrogen) atoms. The molecule has 184 valence electrons. The topological polar surface area (TPSA) is 109 Å². The number of carbonyl (C=O) groups excluding carboxylic acids is 1. The third kappa shape index (κ3) is 4.73. The van der Waals surface area contributed by atoms with E-state index in [1.807, 2.05) is 0 Å². The monoisotopic (exact) mass is 509 g/mol. The van der Waals surface area contributed by atoms with Gasteiger partial charge in [0.2, 0.25) is 27.7 Å². The largest absolute Gasteiger partial charge is 0.497 e. The molecule has 1 aliphatic heterocycles. The van der Waals surface area contributed by atoms with Crippen molar-refractivity contribution in [2.24, 2.45) is 0 Å². The number of sulfone groups is 1. The minimum atomic E-state index is -4.21. The number of nitrogens with one attached hydrogen (secondary N) is 1. The molecule has 5 rings (SSSR count). The Morgan fingerprint density at radius 1 is 1.06 bits per heavy atom. The van der Waals surface area contributed by atoms with Crippen molar-refractivity contribution in [1.82, 2.24) is 9.55 Å². The van der Waals surface area contributed by atoms with Gasteiger partial charge in [-0.1, -0.05) is 0 Å². The summed E-state index contributed by atoms with van der Waals surface area (Å²) in [6.45, 7) is 0.0890. The zero-order valence-electron chi connectivity index (χ0n) is 19.0. The Morgan fingerprint density at radius 2 is 1.78 bits per heavy atom. The molecule has 1 amide bonds. The van der Waals surface area contributed by atoms with E-state index in [0.29, 0.717) is 39.9 Å². The summed E-state index contributed by atoms with van der Waals surface area (Å²) >= 11 is 0. The van der Waals surface area contributed by atoms with Crippen LogP contribution >= 0.6 is 0 Å². The van der Waals surface area contributed by atoms with Crippen molar-refractivity contribution in [3.05, 3.63) is 78.7 Å². The van der Waals surface area contributed by atoms with Crippen molar-refractivity contribution < 1.29 is 31.8 Å². The molecular weight excluding hydrogens is 489 g/mol. The number of aromatic nitrogens is 2. The van der Waals surface area contributed by atoms with Crippen LogP contribution in [0, 0.1) is 5.82 Å². The fraction of sp³-hybridized carbons (Fsp3) is 0.120. The fourth-order valence-electron chi connectivity index (χ4n) is 3.67. The fourth-order valence-corrected chi connectivity index (χ4v) is 4.91. The normalized spacial score (nSPS) is 12.4. The van der Waals surface area contributed by atoms with Gasteiger partial charge in [0, 0.05) is 23.1 Å². The molecule has 4 aromatic rings. The number of ether oxygens (including phenoxy) is 3. The molecule has 2 heterocycles. The third-order valence-corrected chi connectivity index (χ3v) is 6.91. The van der Waals surface area contributed by atoms with Gasteiger partial charge in [0.15, 0.2) is 11.5 Å². The lowest BCUT2D eigenvalue weighted by Crippen LogP contribution is -2.25. The lowest BCUT2D eigenvalue weighted by atomic mass is 10.1. The van der Waals surface area contributed by atoms with E-state index >= 15 is 0 Å². The highest BCUT2D eigenvalue weighted by Crippen LogP contribution is 2.36. The standard InChI is InChI=1S/C25H20FN3O6S/c1-33-20-9-5-18(6-10-20)27-24(30)14-36(31,32)25-28-21(13-29(25)19-7-3-17(26)4-8-19)16-2-11-22-23(12-16)35-15-34-22/h2-13H,14-15H2,1H3,(H,27,30). The predicted molar refractivity (Wildman–Crippen MR) is 129 cm³/mol. The van der Waals surface area contributed by atoms with Gasteiger partial charge in [0.1, 0.15) is 17.3 Å². The van der Waals surface area contributed by atoms with Gasteiger partial charge in [-0.05, 0) is 66.7 Å². The molecular formula is C25H20FN3O6S. The summed E-state index contributed by atoms with van der Waals surface area (Å²) in [6.07, 6.45) is 1.51. The van der Waals surface area contributed by atoms with Crippen LogP contribution < -0.4 is 19.5 Å². The molecule has 0 aliphatic carbocycles. The van der Waals surface area contributed by atoms with Crippen LogP contribution in [-0.2, 0) is 14.6 Å². The van der Waals surface area contributed by atoms with Crippen molar-refractivity contribution in [3.63, 3.8) is 0 Å². The Morgan fingerprint density at radius 3 is 2.50 bits per heavy atom. The van der Waals surface area contributed by atoms with Crippen molar-refractivity contribution in [1.29, 1.82) is 0 Å². The van der Waals surface area contributed by atoms with Gasteiger partial charge in [-0.15, -0.1) is 0 Å². The minimum absolute atomic E-state index is 0.0890. The smallest absolute Gasteiger partial charge is 0.240 e. The molecule has 0 atom stereocenters. The van der Waals surface area contributed by atoms with Crippen molar-refractivity contribution in [3.8, 4) is 34.2 Å². The van der Waals surface area contributed by atoms with Crippen LogP contribution in [0.2, 0.25) is 0 Å². The van der Waals surface area contributed by atoms with Gasteiger partial charge in [-0.25, -0.2) is 17.8 Å². The summed E-state index contributed by atoms with van der Waals surface area (Å²) in [4.78, 5) is 17.0. The van der Waals surface area contributed by atoms with Gasteiger partial charge < -0.3 is 19.5 Å². The number of methoxy groups -OCH3 is 1. The first kappa shape index (κ1) is 23.4. The number of anilines is 1. The number of halogens is 1. The third-order valence-electron chi connectivity index (χ3n) is 5.42. The number of hydrogen-bond donors (Lipinski definition) is 1. The Kier molecular flexibility index (Phi) is 6.06. The van der Waals surface area contributed by atoms with Crippen LogP contribution in [0.3, 0.4) is 0 Å². The quantitative estimate of drug-likeness (QED) is 0.403. The number of imidazole rings is 1. The molecule has 0 radical (unpaired) electrons. The van der Waals surface area contributed by atoms with Crippen LogP contribution in [0.25, 0.3) is 16.9 Å². The molecule has 0 fully saturated rings. The van der Waals surface area contributed by atoms with Gasteiger partial charge >= 0.3 is 0 Å². The molecule has 0 saturated heterocycles. The van der Waals surface area contributed by atoms with Gasteiger partial charge in [0.05, 0.1) is 12.8 Å². The van der Waals surface area contributed by atoms with Gasteiger partial charge in [-0.3, -0.25) is 9.36 Å². The first-order valence-electron chi connectivity index (χ1n) is 10.7. The van der Waals surface area contributed by atoms with Crippen LogP contribution in [0.1, 0.15) is 0 Å². The SMILES string of the molecule is COc1ccc(NC(=O)CS(=O)(=O)c2nc(-c3ccc4c(c3)OCO4)cn2-c2ccc(F)cc2)cc1. The van der Waals surface area contributed by atoms with E-state index in [4.69, 9.17) is 14.2 Å². The summed E-state index contributed by atoms with van der Waals surface area (Å²) in [5.41, 5.74) is 1.69. The second-order valence-corrected chi connectivity index (χ2v) is 9.74. The maximum absolute atomic E-state index is 13.5. The zero-order valence-corrected chi connectivity index (χ0v) is 19.8. The molecule has 11 heteroatoms. The molecule has 0 saturated carbocycles. The number of amides is 1. The average molecular weight is 510 g/mol. The Hall–Kier alpha value is -4.38. The van der Waals surface area contributed by atoms with E-state index in [1.54, 1.807) is 42.5 Å². The lowest BCUT2D eigenvalue weighted by molar-refractivity contribution is -0.113. The maximum Gasteiger partial charge on any atom is 0.240 e. The number of carbonyl (C=O) groups is 1. The highest BCUT2D eigenvalue weighted by Gasteiger charge is 2.28. The van der Waals surface area contributed by atoms with Crippen LogP contribution in [0.15, 0.2) is 78.1 Å². The van der Waals surface area contributed by atoms with E-state index in [9.17, 15) is 17.6 Å². The van der Waals surface area contributed by atoms with Gasteiger partial charge in [0.25, 0.3) is 0 Å². The summed E-state index contributed by atoms with van der Waals surface area (Å²) < 4.78 is 57.4. The van der Waals surface area contributed by atoms with E-state index in [0.717, 1.165) is 0 Å². The second-order valence-electron chi connectivity index (χ2n) is 7.86. The molecule has 1 aliphatic rings. The van der Waals surface area contributed by atoms with Crippen LogP contribution in [0.5, 0.6) is 17.2 Å². The summed E-state index contributed by atoms with van der Waals surface area (Å²) in [7, 11) is -2.70. The number of rotatable bonds is 7. The zero-order chi connectivity index (χ0) is 25.3. The van der Waals surface area contributed by atoms with Crippen molar-refractivity contribution >= 4 is 21.4 Å². The van der Waals surface area contributed by atoms with Crippen LogP contribution in [0.4, 0.5) is 10.1 Å². The number of nitrogens with zero attached hydrogens (tertiary/aromatic N) is 2. The molecule has 3 aromatic carbocycles. The highest BCUT2D eigenvalue weighted by molar-refractivity contribution is 7.92. The minimum Gasteiger partial charge on any atom is -0.497 e. The summed E-state index contributed by atoms with van der Waals surface area (Å²) in [6, 6.07) is 16.9. The molecule has 0 bridgehead atoms.